The van der Waals surface area contributed by atoms with E-state index in [1.807, 2.05) is 74.1 Å². The lowest BCUT2D eigenvalue weighted by Gasteiger charge is -2.16. The molecule has 0 spiro atoms. The minimum Gasteiger partial charge on any atom is -0.399 e. The van der Waals surface area contributed by atoms with Crippen LogP contribution in [0.4, 0.5) is 14.3 Å². The molecule has 0 amide bonds. The van der Waals surface area contributed by atoms with E-state index in [2.05, 4.69) is 5.23 Å². The van der Waals surface area contributed by atoms with Gasteiger partial charge in [0.05, 0.1) is 0 Å². The maximum absolute atomic E-state index is 12.5. The summed E-state index contributed by atoms with van der Waals surface area (Å²) in [6.07, 6.45) is 3.81. The Bertz CT molecular complexity index is 776. The van der Waals surface area contributed by atoms with Crippen LogP contribution in [0.25, 0.3) is 5.57 Å². The smallest absolute Gasteiger partial charge is 0.399 e. The molecule has 1 aromatic carbocycles. The number of nitrogens with one attached hydrogen (secondary N) is 1. The standard InChI is InChI=1S/C19H24BF2N3/c1-13(12-14(2)24-20(21)22)15(3)19(18-6-5-11-25(18)4)16-7-9-17(23)10-8-16/h5-12,14,24H,23H2,1-4H3/b13-12-,19-15+. The number of nitrogens with zero attached hydrogens (tertiary/aromatic N) is 1. The zero-order valence-electron chi connectivity index (χ0n) is 15.1. The topological polar surface area (TPSA) is 43.0 Å². The van der Waals surface area contributed by atoms with Crippen molar-refractivity contribution in [2.24, 2.45) is 7.05 Å². The van der Waals surface area contributed by atoms with Gasteiger partial charge in [-0.2, -0.15) is 0 Å². The Hall–Kier alpha value is -2.34. The third kappa shape index (κ3) is 4.83. The number of nitrogen functional groups attached to an aromatic ring is 1. The number of benzene rings is 1. The van der Waals surface area contributed by atoms with Crippen molar-refractivity contribution in [3.8, 4) is 0 Å². The normalized spacial score (nSPS) is 14.2. The van der Waals surface area contributed by atoms with Gasteiger partial charge in [0.1, 0.15) is 0 Å². The number of allylic oxidation sites excluding steroid dienone is 2. The van der Waals surface area contributed by atoms with Crippen molar-refractivity contribution >= 4 is 18.7 Å². The lowest BCUT2D eigenvalue weighted by atomic mass is 9.92. The maximum Gasteiger partial charge on any atom is 0.634 e. The monoisotopic (exact) mass is 343 g/mol. The van der Waals surface area contributed by atoms with Gasteiger partial charge >= 0.3 is 7.40 Å². The second-order valence-electron chi connectivity index (χ2n) is 6.23. The summed E-state index contributed by atoms with van der Waals surface area (Å²) in [4.78, 5) is 0. The fraction of sp³-hybridized carbons (Fsp3) is 0.263. The molecule has 6 heteroatoms. The van der Waals surface area contributed by atoms with Gasteiger partial charge in [-0.05, 0) is 61.7 Å². The minimum atomic E-state index is -2.53. The molecule has 2 aromatic rings. The molecule has 3 N–H and O–H groups in total. The van der Waals surface area contributed by atoms with E-state index in [-0.39, 0.29) is 0 Å². The third-order valence-electron chi connectivity index (χ3n) is 4.25. The quantitative estimate of drug-likeness (QED) is 0.467. The highest BCUT2D eigenvalue weighted by Crippen LogP contribution is 2.31. The van der Waals surface area contributed by atoms with Gasteiger partial charge in [-0.3, -0.25) is 13.9 Å². The fourth-order valence-corrected chi connectivity index (χ4v) is 2.87. The summed E-state index contributed by atoms with van der Waals surface area (Å²) < 4.78 is 27.1. The molecule has 0 saturated heterocycles. The van der Waals surface area contributed by atoms with E-state index in [0.717, 1.165) is 28.0 Å². The van der Waals surface area contributed by atoms with Gasteiger partial charge in [0.15, 0.2) is 0 Å². The van der Waals surface area contributed by atoms with Gasteiger partial charge in [-0.25, -0.2) is 0 Å². The number of anilines is 1. The molecule has 0 aliphatic heterocycles. The number of nitrogens with two attached hydrogens (primary N) is 1. The van der Waals surface area contributed by atoms with E-state index in [1.165, 1.54) is 0 Å². The van der Waals surface area contributed by atoms with Crippen LogP contribution in [0.1, 0.15) is 32.0 Å². The Labute approximate surface area is 148 Å². The molecular formula is C19H24BF2N3. The molecule has 1 heterocycles. The number of aromatic nitrogens is 1. The average Bonchev–Trinajstić information content (AvgIpc) is 2.94. The van der Waals surface area contributed by atoms with Crippen molar-refractivity contribution in [3.05, 3.63) is 71.1 Å². The molecule has 1 aromatic heterocycles. The van der Waals surface area contributed by atoms with Crippen LogP contribution in [0, 0.1) is 0 Å². The third-order valence-corrected chi connectivity index (χ3v) is 4.25. The first-order valence-electron chi connectivity index (χ1n) is 8.21. The van der Waals surface area contributed by atoms with Crippen LogP contribution in [0.2, 0.25) is 0 Å². The molecule has 2 rings (SSSR count). The first-order chi connectivity index (χ1) is 11.8. The zero-order valence-corrected chi connectivity index (χ0v) is 15.1. The molecular weight excluding hydrogens is 319 g/mol. The summed E-state index contributed by atoms with van der Waals surface area (Å²) >= 11 is 0. The van der Waals surface area contributed by atoms with Crippen LogP contribution in [0.15, 0.2) is 59.8 Å². The van der Waals surface area contributed by atoms with Crippen molar-refractivity contribution in [3.63, 3.8) is 0 Å². The lowest BCUT2D eigenvalue weighted by molar-refractivity contribution is 0.593. The van der Waals surface area contributed by atoms with Crippen molar-refractivity contribution in [1.82, 2.24) is 9.79 Å². The van der Waals surface area contributed by atoms with Gasteiger partial charge in [0, 0.05) is 36.2 Å². The first-order valence-corrected chi connectivity index (χ1v) is 8.21. The highest BCUT2D eigenvalue weighted by molar-refractivity contribution is 6.39. The SMILES string of the molecule is CC(=C/C(C)NB(F)F)/C(C)=C(\c1ccc(N)cc1)c1cccn1C. The largest absolute Gasteiger partial charge is 0.634 e. The molecule has 0 fully saturated rings. The molecule has 0 radical (unpaired) electrons. The molecule has 1 unspecified atom stereocenters. The fourth-order valence-electron chi connectivity index (χ4n) is 2.87. The van der Waals surface area contributed by atoms with Crippen LogP contribution >= 0.6 is 0 Å². The molecule has 0 aliphatic rings. The highest BCUT2D eigenvalue weighted by atomic mass is 19.2. The van der Waals surface area contributed by atoms with E-state index in [4.69, 9.17) is 5.73 Å². The first kappa shape index (κ1) is 19.0. The van der Waals surface area contributed by atoms with Crippen LogP contribution < -0.4 is 11.0 Å². The molecule has 0 bridgehead atoms. The Kier molecular flexibility index (Phi) is 6.20. The van der Waals surface area contributed by atoms with Gasteiger partial charge in [-0.1, -0.05) is 18.2 Å². The Morgan fingerprint density at radius 2 is 1.84 bits per heavy atom. The summed E-state index contributed by atoms with van der Waals surface area (Å²) in [5.74, 6) is 0. The number of halogens is 2. The second kappa shape index (κ2) is 8.16. The van der Waals surface area contributed by atoms with E-state index in [9.17, 15) is 8.63 Å². The van der Waals surface area contributed by atoms with E-state index in [1.54, 1.807) is 6.92 Å². The minimum absolute atomic E-state index is 0.420. The number of hydrogen-bond acceptors (Lipinski definition) is 2. The average molecular weight is 343 g/mol. The summed E-state index contributed by atoms with van der Waals surface area (Å²) in [6.45, 7) is 5.67. The summed E-state index contributed by atoms with van der Waals surface area (Å²) in [5, 5.41) is 2.21. The second-order valence-corrected chi connectivity index (χ2v) is 6.23. The number of rotatable bonds is 6. The summed E-state index contributed by atoms with van der Waals surface area (Å²) in [7, 11) is -0.548. The van der Waals surface area contributed by atoms with Crippen molar-refractivity contribution < 1.29 is 8.63 Å². The molecule has 0 aliphatic carbocycles. The molecule has 132 valence electrons. The Morgan fingerprint density at radius 3 is 2.36 bits per heavy atom. The van der Waals surface area contributed by atoms with Crippen LogP contribution in [0.5, 0.6) is 0 Å². The van der Waals surface area contributed by atoms with Gasteiger partial charge < -0.3 is 10.3 Å². The van der Waals surface area contributed by atoms with Gasteiger partial charge in [0.2, 0.25) is 0 Å². The maximum atomic E-state index is 12.5. The van der Waals surface area contributed by atoms with E-state index >= 15 is 0 Å². The molecule has 3 nitrogen and oxygen atoms in total. The highest BCUT2D eigenvalue weighted by Gasteiger charge is 2.16. The number of hydrogen-bond donors (Lipinski definition) is 2. The van der Waals surface area contributed by atoms with Gasteiger partial charge in [0.25, 0.3) is 0 Å². The van der Waals surface area contributed by atoms with Gasteiger partial charge in [-0.15, -0.1) is 0 Å². The Morgan fingerprint density at radius 1 is 1.20 bits per heavy atom. The van der Waals surface area contributed by atoms with Crippen molar-refractivity contribution in [2.45, 2.75) is 26.8 Å². The van der Waals surface area contributed by atoms with Crippen LogP contribution in [-0.4, -0.2) is 18.0 Å². The molecule has 25 heavy (non-hydrogen) atoms. The van der Waals surface area contributed by atoms with E-state index < -0.39 is 13.4 Å². The van der Waals surface area contributed by atoms with Crippen molar-refractivity contribution in [1.29, 1.82) is 0 Å². The van der Waals surface area contributed by atoms with Crippen LogP contribution in [-0.2, 0) is 7.05 Å². The zero-order chi connectivity index (χ0) is 18.6. The predicted octanol–water partition coefficient (Wildman–Crippen LogP) is 4.28. The van der Waals surface area contributed by atoms with Crippen LogP contribution in [0.3, 0.4) is 0 Å². The predicted molar refractivity (Wildman–Crippen MR) is 102 cm³/mol. The van der Waals surface area contributed by atoms with E-state index in [0.29, 0.717) is 5.69 Å². The summed E-state index contributed by atoms with van der Waals surface area (Å²) in [6, 6.07) is 11.3. The molecule has 0 saturated carbocycles. The molecule has 1 atom stereocenters. The number of aryl methyl sites for hydroxylation is 1. The summed E-state index contributed by atoms with van der Waals surface area (Å²) in [5.41, 5.74) is 11.7. The Balaban J connectivity index is 2.53. The van der Waals surface area contributed by atoms with Crippen molar-refractivity contribution in [2.75, 3.05) is 5.73 Å². The lowest BCUT2D eigenvalue weighted by Crippen LogP contribution is -2.33.